The van der Waals surface area contributed by atoms with Gasteiger partial charge in [-0.3, -0.25) is 4.79 Å². The molecular formula is C14H14N2O4. The highest BCUT2D eigenvalue weighted by Gasteiger charge is 2.15. The molecule has 0 aliphatic heterocycles. The summed E-state index contributed by atoms with van der Waals surface area (Å²) in [6.07, 6.45) is 1.39. The van der Waals surface area contributed by atoms with Crippen LogP contribution in [0.2, 0.25) is 0 Å². The van der Waals surface area contributed by atoms with E-state index in [-0.39, 0.29) is 6.54 Å². The van der Waals surface area contributed by atoms with Crippen molar-refractivity contribution in [2.24, 2.45) is 0 Å². The highest BCUT2D eigenvalue weighted by atomic mass is 16.5. The molecule has 0 radical (unpaired) electrons. The summed E-state index contributed by atoms with van der Waals surface area (Å²) in [6.45, 7) is -0.228. The number of rotatable bonds is 5. The van der Waals surface area contributed by atoms with Crippen molar-refractivity contribution >= 4 is 18.0 Å². The molecule has 0 spiro atoms. The molecule has 1 aromatic carbocycles. The first-order valence-corrected chi connectivity index (χ1v) is 5.78. The summed E-state index contributed by atoms with van der Waals surface area (Å²) in [5.74, 6) is -1.27. The first-order valence-electron chi connectivity index (χ1n) is 5.78. The van der Waals surface area contributed by atoms with Gasteiger partial charge in [-0.15, -0.1) is 0 Å². The maximum absolute atomic E-state index is 11.5. The number of nitrogens with zero attached hydrogens (tertiary/aromatic N) is 1. The van der Waals surface area contributed by atoms with Crippen LogP contribution in [0.4, 0.5) is 0 Å². The Morgan fingerprint density at radius 1 is 1.55 bits per heavy atom. The molecule has 20 heavy (non-hydrogen) atoms. The molecule has 1 aromatic rings. The molecule has 6 nitrogen and oxygen atoms in total. The summed E-state index contributed by atoms with van der Waals surface area (Å²) in [4.78, 5) is 22.4. The number of nitrogens with one attached hydrogen (secondary N) is 1. The Hall–Kier alpha value is -2.65. The molecule has 0 aliphatic rings. The Balaban J connectivity index is 2.51. The van der Waals surface area contributed by atoms with Crippen LogP contribution in [0.25, 0.3) is 6.08 Å². The molecule has 1 rings (SSSR count). The Morgan fingerprint density at radius 3 is 2.95 bits per heavy atom. The Bertz CT molecular complexity index is 561. The molecule has 6 heteroatoms. The lowest BCUT2D eigenvalue weighted by atomic mass is 10.1. The second kappa shape index (κ2) is 7.71. The molecule has 0 aromatic heterocycles. The molecule has 0 aliphatic carbocycles. The van der Waals surface area contributed by atoms with Gasteiger partial charge < -0.3 is 15.2 Å². The standard InChI is InChI=1S/C14H14N2O4/c1-20-14(19)12(17)9-16-13(18)6-5-10-3-2-4-11(7-10)8-15/h2-7,12,17H,9H2,1H3,(H,16,18)/b6-5+. The van der Waals surface area contributed by atoms with Crippen LogP contribution in [-0.4, -0.2) is 36.7 Å². The first kappa shape index (κ1) is 15.4. The molecule has 1 atom stereocenters. The van der Waals surface area contributed by atoms with Crippen molar-refractivity contribution in [1.29, 1.82) is 5.26 Å². The molecule has 0 saturated heterocycles. The van der Waals surface area contributed by atoms with E-state index in [0.717, 1.165) is 7.11 Å². The van der Waals surface area contributed by atoms with Crippen LogP contribution in [0, 0.1) is 11.3 Å². The fourth-order valence-corrected chi connectivity index (χ4v) is 1.36. The van der Waals surface area contributed by atoms with Gasteiger partial charge in [-0.25, -0.2) is 4.79 Å². The SMILES string of the molecule is COC(=O)C(O)CNC(=O)/C=C/c1cccc(C#N)c1. The van der Waals surface area contributed by atoms with Crippen molar-refractivity contribution in [2.75, 3.05) is 13.7 Å². The van der Waals surface area contributed by atoms with Crippen molar-refractivity contribution in [3.8, 4) is 6.07 Å². The van der Waals surface area contributed by atoms with Crippen LogP contribution in [0.5, 0.6) is 0 Å². The minimum atomic E-state index is -1.39. The fraction of sp³-hybridized carbons (Fsp3) is 0.214. The summed E-state index contributed by atoms with van der Waals surface area (Å²) in [5.41, 5.74) is 1.20. The average Bonchev–Trinajstić information content (AvgIpc) is 2.49. The van der Waals surface area contributed by atoms with E-state index < -0.39 is 18.0 Å². The van der Waals surface area contributed by atoms with Crippen LogP contribution in [0.15, 0.2) is 30.3 Å². The molecule has 104 valence electrons. The number of carbonyl (C=O) groups excluding carboxylic acids is 2. The number of aliphatic hydroxyl groups is 1. The lowest BCUT2D eigenvalue weighted by Gasteiger charge is -2.07. The van der Waals surface area contributed by atoms with Gasteiger partial charge in [0.25, 0.3) is 0 Å². The normalized spacial score (nSPS) is 11.7. The van der Waals surface area contributed by atoms with Gasteiger partial charge in [0.05, 0.1) is 25.3 Å². The summed E-state index contributed by atoms with van der Waals surface area (Å²) >= 11 is 0. The third kappa shape index (κ3) is 4.92. The number of aliphatic hydroxyl groups excluding tert-OH is 1. The average molecular weight is 274 g/mol. The molecule has 2 N–H and O–H groups in total. The smallest absolute Gasteiger partial charge is 0.336 e. The number of benzene rings is 1. The van der Waals surface area contributed by atoms with Crippen molar-refractivity contribution in [3.63, 3.8) is 0 Å². The van der Waals surface area contributed by atoms with Gasteiger partial charge in [0.15, 0.2) is 6.10 Å². The van der Waals surface area contributed by atoms with Crippen molar-refractivity contribution in [1.82, 2.24) is 5.32 Å². The van der Waals surface area contributed by atoms with Crippen molar-refractivity contribution < 1.29 is 19.4 Å². The molecule has 0 fully saturated rings. The van der Waals surface area contributed by atoms with E-state index in [1.54, 1.807) is 24.3 Å². The van der Waals surface area contributed by atoms with Gasteiger partial charge >= 0.3 is 5.97 Å². The van der Waals surface area contributed by atoms with E-state index in [4.69, 9.17) is 5.26 Å². The summed E-state index contributed by atoms with van der Waals surface area (Å²) in [5, 5.41) is 20.4. The zero-order valence-corrected chi connectivity index (χ0v) is 10.9. The van der Waals surface area contributed by atoms with Crippen LogP contribution in [-0.2, 0) is 14.3 Å². The van der Waals surface area contributed by atoms with Gasteiger partial charge in [0, 0.05) is 6.08 Å². The third-order valence-electron chi connectivity index (χ3n) is 2.39. The van der Waals surface area contributed by atoms with Crippen LogP contribution < -0.4 is 5.32 Å². The molecular weight excluding hydrogens is 260 g/mol. The topological polar surface area (TPSA) is 99.4 Å². The highest BCUT2D eigenvalue weighted by molar-refractivity contribution is 5.92. The zero-order valence-electron chi connectivity index (χ0n) is 10.9. The van der Waals surface area contributed by atoms with Gasteiger partial charge in [0.1, 0.15) is 0 Å². The van der Waals surface area contributed by atoms with Crippen LogP contribution >= 0.6 is 0 Å². The van der Waals surface area contributed by atoms with Gasteiger partial charge in [-0.05, 0) is 23.8 Å². The zero-order chi connectivity index (χ0) is 15.0. The second-order valence-corrected chi connectivity index (χ2v) is 3.85. The summed E-state index contributed by atoms with van der Waals surface area (Å²) in [7, 11) is 1.15. The van der Waals surface area contributed by atoms with E-state index in [0.29, 0.717) is 11.1 Å². The van der Waals surface area contributed by atoms with E-state index in [9.17, 15) is 14.7 Å². The molecule has 0 bridgehead atoms. The van der Waals surface area contributed by atoms with Crippen molar-refractivity contribution in [3.05, 3.63) is 41.5 Å². The number of hydrogen-bond donors (Lipinski definition) is 2. The largest absolute Gasteiger partial charge is 0.467 e. The minimum Gasteiger partial charge on any atom is -0.467 e. The van der Waals surface area contributed by atoms with E-state index in [2.05, 4.69) is 10.1 Å². The maximum Gasteiger partial charge on any atom is 0.336 e. The van der Waals surface area contributed by atoms with E-state index in [1.165, 1.54) is 12.2 Å². The van der Waals surface area contributed by atoms with E-state index >= 15 is 0 Å². The van der Waals surface area contributed by atoms with Crippen molar-refractivity contribution in [2.45, 2.75) is 6.10 Å². The lowest BCUT2D eigenvalue weighted by molar-refractivity contribution is -0.150. The number of esters is 1. The number of hydrogen-bond acceptors (Lipinski definition) is 5. The minimum absolute atomic E-state index is 0.228. The number of ether oxygens (including phenoxy) is 1. The Morgan fingerprint density at radius 2 is 2.30 bits per heavy atom. The summed E-state index contributed by atoms with van der Waals surface area (Å²) < 4.78 is 4.31. The predicted octanol–water partition coefficient (Wildman–Crippen LogP) is 0.222. The number of amides is 1. The quantitative estimate of drug-likeness (QED) is 0.591. The molecule has 1 amide bonds. The van der Waals surface area contributed by atoms with Crippen LogP contribution in [0.3, 0.4) is 0 Å². The number of carbonyl (C=O) groups is 2. The third-order valence-corrected chi connectivity index (χ3v) is 2.39. The second-order valence-electron chi connectivity index (χ2n) is 3.85. The summed E-state index contributed by atoms with van der Waals surface area (Å²) in [6, 6.07) is 8.73. The van der Waals surface area contributed by atoms with Gasteiger partial charge in [0.2, 0.25) is 5.91 Å². The van der Waals surface area contributed by atoms with Gasteiger partial charge in [-0.1, -0.05) is 12.1 Å². The molecule has 0 heterocycles. The monoisotopic (exact) mass is 274 g/mol. The van der Waals surface area contributed by atoms with Gasteiger partial charge in [-0.2, -0.15) is 5.26 Å². The predicted molar refractivity (Wildman–Crippen MR) is 71.2 cm³/mol. The van der Waals surface area contributed by atoms with Crippen LogP contribution in [0.1, 0.15) is 11.1 Å². The molecule has 0 saturated carbocycles. The number of nitriles is 1. The molecule has 1 unspecified atom stereocenters. The first-order chi connectivity index (χ1) is 9.56. The highest BCUT2D eigenvalue weighted by Crippen LogP contribution is 2.05. The lowest BCUT2D eigenvalue weighted by Crippen LogP contribution is -2.36. The number of methoxy groups -OCH3 is 1. The fourth-order valence-electron chi connectivity index (χ4n) is 1.36. The maximum atomic E-state index is 11.5. The van der Waals surface area contributed by atoms with E-state index in [1.807, 2.05) is 6.07 Å². The Labute approximate surface area is 116 Å². The Kier molecular flexibility index (Phi) is 5.94.